The van der Waals surface area contributed by atoms with E-state index in [-0.39, 0.29) is 11.5 Å². The highest BCUT2D eigenvalue weighted by Gasteiger charge is 2.05. The maximum absolute atomic E-state index is 12.8. The van der Waals surface area contributed by atoms with Crippen molar-refractivity contribution < 1.29 is 4.39 Å². The van der Waals surface area contributed by atoms with Gasteiger partial charge in [0.1, 0.15) is 0 Å². The van der Waals surface area contributed by atoms with Crippen LogP contribution in [0.3, 0.4) is 0 Å². The van der Waals surface area contributed by atoms with Crippen LogP contribution in [-0.2, 0) is 0 Å². The average Bonchev–Trinajstić information content (AvgIpc) is 1.93. The lowest BCUT2D eigenvalue weighted by atomic mass is 10.3. The first-order valence-corrected chi connectivity index (χ1v) is 4.39. The van der Waals surface area contributed by atoms with Crippen molar-refractivity contribution in [2.24, 2.45) is 0 Å². The van der Waals surface area contributed by atoms with E-state index in [0.717, 1.165) is 3.57 Å². The van der Waals surface area contributed by atoms with E-state index in [1.165, 1.54) is 0 Å². The normalized spacial score (nSPS) is 9.90. The first-order chi connectivity index (χ1) is 4.63. The second-order valence-corrected chi connectivity index (χ2v) is 3.72. The molecule has 2 N–H and O–H groups in total. The van der Waals surface area contributed by atoms with Crippen LogP contribution < -0.4 is 5.73 Å². The number of anilines is 1. The van der Waals surface area contributed by atoms with E-state index < -0.39 is 0 Å². The highest BCUT2D eigenvalue weighted by molar-refractivity contribution is 14.1. The zero-order chi connectivity index (χ0) is 7.72. The molecule has 1 aromatic rings. The molecule has 0 aromatic heterocycles. The highest BCUT2D eigenvalue weighted by Crippen LogP contribution is 2.25. The van der Waals surface area contributed by atoms with E-state index >= 15 is 0 Å². The Morgan fingerprint density at radius 1 is 1.50 bits per heavy atom. The molecule has 0 fully saturated rings. The van der Waals surface area contributed by atoms with Gasteiger partial charge in [0, 0.05) is 3.57 Å². The van der Waals surface area contributed by atoms with Gasteiger partial charge < -0.3 is 5.73 Å². The molecule has 0 atom stereocenters. The molecule has 0 saturated heterocycles. The van der Waals surface area contributed by atoms with Gasteiger partial charge in [0.2, 0.25) is 0 Å². The van der Waals surface area contributed by atoms with E-state index in [1.54, 1.807) is 12.1 Å². The molecule has 1 rings (SSSR count). The molecular weight excluding hydrogens is 312 g/mol. The quantitative estimate of drug-likeness (QED) is 0.445. The summed E-state index contributed by atoms with van der Waals surface area (Å²) in [7, 11) is 0. The predicted octanol–water partition coefficient (Wildman–Crippen LogP) is 2.78. The summed E-state index contributed by atoms with van der Waals surface area (Å²) >= 11 is 5.09. The second-order valence-electron chi connectivity index (χ2n) is 1.76. The highest BCUT2D eigenvalue weighted by atomic mass is 127. The van der Waals surface area contributed by atoms with Gasteiger partial charge in [-0.1, -0.05) is 0 Å². The fourth-order valence-electron chi connectivity index (χ4n) is 0.541. The SMILES string of the molecule is Nc1ccc(I)c(Br)c1F. The summed E-state index contributed by atoms with van der Waals surface area (Å²) in [5.74, 6) is -0.382. The lowest BCUT2D eigenvalue weighted by Gasteiger charge is -1.99. The van der Waals surface area contributed by atoms with Gasteiger partial charge in [-0.2, -0.15) is 0 Å². The topological polar surface area (TPSA) is 26.0 Å². The largest absolute Gasteiger partial charge is 0.396 e. The van der Waals surface area contributed by atoms with Crippen molar-refractivity contribution in [3.05, 3.63) is 26.0 Å². The molecule has 0 amide bonds. The second kappa shape index (κ2) is 3.04. The molecule has 0 bridgehead atoms. The molecule has 0 aliphatic carbocycles. The van der Waals surface area contributed by atoms with Crippen molar-refractivity contribution in [2.45, 2.75) is 0 Å². The molecule has 0 radical (unpaired) electrons. The van der Waals surface area contributed by atoms with Crippen LogP contribution in [0.5, 0.6) is 0 Å². The maximum Gasteiger partial charge on any atom is 0.161 e. The van der Waals surface area contributed by atoms with Gasteiger partial charge in [-0.05, 0) is 50.7 Å². The van der Waals surface area contributed by atoms with Crippen molar-refractivity contribution in [1.82, 2.24) is 0 Å². The molecule has 0 spiro atoms. The van der Waals surface area contributed by atoms with Crippen LogP contribution in [0, 0.1) is 9.39 Å². The summed E-state index contributed by atoms with van der Waals surface area (Å²) in [5.41, 5.74) is 5.45. The molecule has 0 saturated carbocycles. The lowest BCUT2D eigenvalue weighted by molar-refractivity contribution is 0.624. The molecular formula is C6H4BrFIN. The predicted molar refractivity (Wildman–Crippen MR) is 51.2 cm³/mol. The zero-order valence-electron chi connectivity index (χ0n) is 4.87. The number of benzene rings is 1. The first-order valence-electron chi connectivity index (χ1n) is 2.52. The van der Waals surface area contributed by atoms with Crippen LogP contribution in [0.4, 0.5) is 10.1 Å². The summed E-state index contributed by atoms with van der Waals surface area (Å²) in [5, 5.41) is 0. The van der Waals surface area contributed by atoms with Gasteiger partial charge in [-0.3, -0.25) is 0 Å². The molecule has 10 heavy (non-hydrogen) atoms. The molecule has 1 aromatic carbocycles. The van der Waals surface area contributed by atoms with Crippen molar-refractivity contribution in [1.29, 1.82) is 0 Å². The fourth-order valence-corrected chi connectivity index (χ4v) is 1.32. The molecule has 0 aliphatic rings. The summed E-state index contributed by atoms with van der Waals surface area (Å²) in [6.45, 7) is 0. The molecule has 0 aliphatic heterocycles. The molecule has 0 unspecified atom stereocenters. The molecule has 0 heterocycles. The third kappa shape index (κ3) is 1.42. The van der Waals surface area contributed by atoms with Gasteiger partial charge in [-0.25, -0.2) is 4.39 Å². The van der Waals surface area contributed by atoms with E-state index in [4.69, 9.17) is 5.73 Å². The zero-order valence-corrected chi connectivity index (χ0v) is 8.61. The summed E-state index contributed by atoms with van der Waals surface area (Å²) in [4.78, 5) is 0. The number of hydrogen-bond acceptors (Lipinski definition) is 1. The Labute approximate surface area is 80.1 Å². The van der Waals surface area contributed by atoms with E-state index in [0.29, 0.717) is 4.47 Å². The van der Waals surface area contributed by atoms with Crippen LogP contribution in [0.2, 0.25) is 0 Å². The number of nitrogens with two attached hydrogens (primary N) is 1. The molecule has 1 nitrogen and oxygen atoms in total. The Kier molecular flexibility index (Phi) is 2.51. The van der Waals surface area contributed by atoms with Crippen molar-refractivity contribution in [2.75, 3.05) is 5.73 Å². The summed E-state index contributed by atoms with van der Waals surface area (Å²) in [6.07, 6.45) is 0. The Bertz CT molecular complexity index is 237. The average molecular weight is 316 g/mol. The van der Waals surface area contributed by atoms with E-state index in [2.05, 4.69) is 15.9 Å². The molecule has 4 heteroatoms. The van der Waals surface area contributed by atoms with Gasteiger partial charge in [0.15, 0.2) is 5.82 Å². The summed E-state index contributed by atoms with van der Waals surface area (Å²) < 4.78 is 14.1. The lowest BCUT2D eigenvalue weighted by Crippen LogP contribution is -1.92. The number of hydrogen-bond donors (Lipinski definition) is 1. The van der Waals surface area contributed by atoms with Crippen molar-refractivity contribution >= 4 is 44.2 Å². The third-order valence-electron chi connectivity index (χ3n) is 1.07. The number of nitrogen functional groups attached to an aromatic ring is 1. The van der Waals surface area contributed by atoms with Crippen LogP contribution in [0.1, 0.15) is 0 Å². The smallest absolute Gasteiger partial charge is 0.161 e. The number of rotatable bonds is 0. The Balaban J connectivity index is 3.34. The number of halogens is 3. The van der Waals surface area contributed by atoms with Crippen LogP contribution in [0.25, 0.3) is 0 Å². The minimum atomic E-state index is -0.382. The summed E-state index contributed by atoms with van der Waals surface area (Å²) in [6, 6.07) is 3.30. The van der Waals surface area contributed by atoms with Crippen molar-refractivity contribution in [3.63, 3.8) is 0 Å². The van der Waals surface area contributed by atoms with Crippen LogP contribution in [0.15, 0.2) is 16.6 Å². The third-order valence-corrected chi connectivity index (χ3v) is 3.48. The monoisotopic (exact) mass is 315 g/mol. The molecule has 54 valence electrons. The van der Waals surface area contributed by atoms with Crippen LogP contribution >= 0.6 is 38.5 Å². The Hall–Kier alpha value is 0.160. The minimum Gasteiger partial charge on any atom is -0.396 e. The standard InChI is InChI=1S/C6H4BrFIN/c7-5-3(9)1-2-4(10)6(5)8/h1-2H,10H2. The maximum atomic E-state index is 12.8. The Morgan fingerprint density at radius 3 is 2.60 bits per heavy atom. The van der Waals surface area contributed by atoms with Gasteiger partial charge >= 0.3 is 0 Å². The van der Waals surface area contributed by atoms with Gasteiger partial charge in [0.05, 0.1) is 10.2 Å². The fraction of sp³-hybridized carbons (Fsp3) is 0. The Morgan fingerprint density at radius 2 is 2.10 bits per heavy atom. The van der Waals surface area contributed by atoms with Crippen molar-refractivity contribution in [3.8, 4) is 0 Å². The van der Waals surface area contributed by atoms with Gasteiger partial charge in [-0.15, -0.1) is 0 Å². The minimum absolute atomic E-state index is 0.173. The first kappa shape index (κ1) is 8.26. The van der Waals surface area contributed by atoms with E-state index in [9.17, 15) is 4.39 Å². The van der Waals surface area contributed by atoms with E-state index in [1.807, 2.05) is 22.6 Å². The van der Waals surface area contributed by atoms with Gasteiger partial charge in [0.25, 0.3) is 0 Å². The van der Waals surface area contributed by atoms with Crippen LogP contribution in [-0.4, -0.2) is 0 Å².